The summed E-state index contributed by atoms with van der Waals surface area (Å²) in [7, 11) is 0. The van der Waals surface area contributed by atoms with Gasteiger partial charge in [0.15, 0.2) is 0 Å². The number of thioether (sulfide) groups is 1. The molecule has 0 fully saturated rings. The normalized spacial score (nSPS) is 10.3. The van der Waals surface area contributed by atoms with Crippen molar-refractivity contribution in [3.63, 3.8) is 0 Å². The SMILES string of the molecule is NNc1ccc(CSCc2ccco2)cn1. The third-order valence-electron chi connectivity index (χ3n) is 2.07. The second-order valence-corrected chi connectivity index (χ2v) is 4.25. The van der Waals surface area contributed by atoms with E-state index >= 15 is 0 Å². The van der Waals surface area contributed by atoms with Crippen LogP contribution in [0.5, 0.6) is 0 Å². The fraction of sp³-hybridized carbons (Fsp3) is 0.182. The van der Waals surface area contributed by atoms with E-state index in [0.717, 1.165) is 17.3 Å². The Morgan fingerprint density at radius 1 is 1.31 bits per heavy atom. The van der Waals surface area contributed by atoms with Gasteiger partial charge >= 0.3 is 0 Å². The Balaban J connectivity index is 1.81. The zero-order chi connectivity index (χ0) is 11.2. The fourth-order valence-electron chi connectivity index (χ4n) is 1.26. The third-order valence-corrected chi connectivity index (χ3v) is 3.09. The van der Waals surface area contributed by atoms with Crippen molar-refractivity contribution in [2.75, 3.05) is 5.43 Å². The van der Waals surface area contributed by atoms with Crippen molar-refractivity contribution >= 4 is 17.6 Å². The van der Waals surface area contributed by atoms with Crippen LogP contribution in [-0.2, 0) is 11.5 Å². The number of pyridine rings is 1. The highest BCUT2D eigenvalue weighted by Gasteiger charge is 1.98. The summed E-state index contributed by atoms with van der Waals surface area (Å²) in [5.41, 5.74) is 3.68. The van der Waals surface area contributed by atoms with Gasteiger partial charge in [-0.15, -0.1) is 11.8 Å². The van der Waals surface area contributed by atoms with Gasteiger partial charge in [0, 0.05) is 11.9 Å². The maximum absolute atomic E-state index is 5.24. The first kappa shape index (κ1) is 11.0. The van der Waals surface area contributed by atoms with E-state index in [1.54, 1.807) is 18.0 Å². The van der Waals surface area contributed by atoms with E-state index in [-0.39, 0.29) is 0 Å². The molecule has 0 aliphatic rings. The summed E-state index contributed by atoms with van der Waals surface area (Å²) in [6, 6.07) is 7.76. The van der Waals surface area contributed by atoms with E-state index in [4.69, 9.17) is 10.3 Å². The average molecular weight is 235 g/mol. The van der Waals surface area contributed by atoms with Crippen LogP contribution in [0.15, 0.2) is 41.1 Å². The summed E-state index contributed by atoms with van der Waals surface area (Å²) in [6.45, 7) is 0. The van der Waals surface area contributed by atoms with Gasteiger partial charge in [-0.2, -0.15) is 0 Å². The first-order valence-corrected chi connectivity index (χ1v) is 6.05. The van der Waals surface area contributed by atoms with E-state index in [1.807, 2.05) is 30.5 Å². The molecule has 84 valence electrons. The first-order valence-electron chi connectivity index (χ1n) is 4.90. The van der Waals surface area contributed by atoms with Crippen molar-refractivity contribution in [1.29, 1.82) is 0 Å². The van der Waals surface area contributed by atoms with Gasteiger partial charge in [0.2, 0.25) is 0 Å². The predicted octanol–water partition coefficient (Wildman–Crippen LogP) is 2.39. The Labute approximate surface area is 98.2 Å². The van der Waals surface area contributed by atoms with Crippen molar-refractivity contribution in [2.45, 2.75) is 11.5 Å². The molecule has 0 unspecified atom stereocenters. The summed E-state index contributed by atoms with van der Waals surface area (Å²) in [5, 5.41) is 0. The highest BCUT2D eigenvalue weighted by atomic mass is 32.2. The molecule has 3 N–H and O–H groups in total. The molecule has 4 nitrogen and oxygen atoms in total. The molecule has 0 radical (unpaired) electrons. The summed E-state index contributed by atoms with van der Waals surface area (Å²) < 4.78 is 5.24. The Bertz CT molecular complexity index is 413. The minimum atomic E-state index is 0.680. The molecule has 0 bridgehead atoms. The van der Waals surface area contributed by atoms with Crippen LogP contribution in [0, 0.1) is 0 Å². The highest BCUT2D eigenvalue weighted by molar-refractivity contribution is 7.97. The van der Waals surface area contributed by atoms with E-state index in [2.05, 4.69) is 10.4 Å². The van der Waals surface area contributed by atoms with Gasteiger partial charge in [0.05, 0.1) is 12.0 Å². The molecule has 2 aromatic rings. The van der Waals surface area contributed by atoms with Gasteiger partial charge in [-0.25, -0.2) is 10.8 Å². The molecule has 0 atom stereocenters. The highest BCUT2D eigenvalue weighted by Crippen LogP contribution is 2.18. The lowest BCUT2D eigenvalue weighted by molar-refractivity contribution is 0.530. The molecule has 0 spiro atoms. The summed E-state index contributed by atoms with van der Waals surface area (Å²) in [5.74, 6) is 8.71. The number of anilines is 1. The maximum Gasteiger partial charge on any atom is 0.139 e. The summed E-state index contributed by atoms with van der Waals surface area (Å²) in [6.07, 6.45) is 3.52. The zero-order valence-electron chi connectivity index (χ0n) is 8.72. The predicted molar refractivity (Wildman–Crippen MR) is 65.8 cm³/mol. The number of nitrogen functional groups attached to an aromatic ring is 1. The van der Waals surface area contributed by atoms with Crippen molar-refractivity contribution < 1.29 is 4.42 Å². The lowest BCUT2D eigenvalue weighted by atomic mass is 10.3. The standard InChI is InChI=1S/C11H13N3OS/c12-14-11-4-3-9(6-13-11)7-16-8-10-2-1-5-15-10/h1-6H,7-8,12H2,(H,13,14). The monoisotopic (exact) mass is 235 g/mol. The molecule has 0 aromatic carbocycles. The van der Waals surface area contributed by atoms with Crippen molar-refractivity contribution in [3.05, 3.63) is 48.0 Å². The molecule has 0 saturated heterocycles. The maximum atomic E-state index is 5.24. The van der Waals surface area contributed by atoms with Crippen LogP contribution in [-0.4, -0.2) is 4.98 Å². The van der Waals surface area contributed by atoms with Crippen LogP contribution < -0.4 is 11.3 Å². The summed E-state index contributed by atoms with van der Waals surface area (Å²) >= 11 is 1.79. The topological polar surface area (TPSA) is 64.1 Å². The number of hydrazine groups is 1. The van der Waals surface area contributed by atoms with Gasteiger partial charge in [-0.05, 0) is 23.8 Å². The number of rotatable bonds is 5. The molecule has 0 amide bonds. The molecule has 2 rings (SSSR count). The number of nitrogens with zero attached hydrogens (tertiary/aromatic N) is 1. The van der Waals surface area contributed by atoms with Crippen LogP contribution in [0.25, 0.3) is 0 Å². The second kappa shape index (κ2) is 5.58. The van der Waals surface area contributed by atoms with Gasteiger partial charge < -0.3 is 9.84 Å². The lowest BCUT2D eigenvalue weighted by Crippen LogP contribution is -2.08. The molecule has 2 aromatic heterocycles. The van der Waals surface area contributed by atoms with Gasteiger partial charge in [-0.3, -0.25) is 0 Å². The van der Waals surface area contributed by atoms with Gasteiger partial charge in [0.1, 0.15) is 11.6 Å². The van der Waals surface area contributed by atoms with Crippen molar-refractivity contribution in [3.8, 4) is 0 Å². The Morgan fingerprint density at radius 2 is 2.25 bits per heavy atom. The Kier molecular flexibility index (Phi) is 3.85. The first-order chi connectivity index (χ1) is 7.88. The molecule has 0 aliphatic carbocycles. The zero-order valence-corrected chi connectivity index (χ0v) is 9.54. The quantitative estimate of drug-likeness (QED) is 0.615. The minimum absolute atomic E-state index is 0.680. The molecule has 16 heavy (non-hydrogen) atoms. The number of nitrogens with one attached hydrogen (secondary N) is 1. The van der Waals surface area contributed by atoms with Gasteiger partial charge in [-0.1, -0.05) is 6.07 Å². The molecule has 5 heteroatoms. The molecular weight excluding hydrogens is 222 g/mol. The van der Waals surface area contributed by atoms with E-state index in [1.165, 1.54) is 5.56 Å². The number of hydrogen-bond donors (Lipinski definition) is 2. The van der Waals surface area contributed by atoms with Crippen molar-refractivity contribution in [1.82, 2.24) is 4.98 Å². The largest absolute Gasteiger partial charge is 0.468 e. The van der Waals surface area contributed by atoms with E-state index in [0.29, 0.717) is 5.82 Å². The summed E-state index contributed by atoms with van der Waals surface area (Å²) in [4.78, 5) is 4.14. The lowest BCUT2D eigenvalue weighted by Gasteiger charge is -2.02. The second-order valence-electron chi connectivity index (χ2n) is 3.27. The smallest absolute Gasteiger partial charge is 0.139 e. The minimum Gasteiger partial charge on any atom is -0.468 e. The number of furan rings is 1. The molecule has 0 aliphatic heterocycles. The number of hydrogen-bond acceptors (Lipinski definition) is 5. The van der Waals surface area contributed by atoms with Crippen LogP contribution in [0.4, 0.5) is 5.82 Å². The number of nitrogens with two attached hydrogens (primary N) is 1. The third kappa shape index (κ3) is 3.01. The molecule has 0 saturated carbocycles. The fourth-order valence-corrected chi connectivity index (χ4v) is 2.13. The van der Waals surface area contributed by atoms with Crippen LogP contribution >= 0.6 is 11.8 Å². The van der Waals surface area contributed by atoms with Crippen LogP contribution in [0.3, 0.4) is 0 Å². The number of aromatic nitrogens is 1. The molecular formula is C11H13N3OS. The van der Waals surface area contributed by atoms with Crippen LogP contribution in [0.1, 0.15) is 11.3 Å². The Hall–Kier alpha value is -1.46. The van der Waals surface area contributed by atoms with Crippen LogP contribution in [0.2, 0.25) is 0 Å². The molecule has 2 heterocycles. The van der Waals surface area contributed by atoms with Gasteiger partial charge in [0.25, 0.3) is 0 Å². The van der Waals surface area contributed by atoms with Crippen molar-refractivity contribution in [2.24, 2.45) is 5.84 Å². The van der Waals surface area contributed by atoms with E-state index < -0.39 is 0 Å². The Morgan fingerprint density at radius 3 is 2.88 bits per heavy atom. The van der Waals surface area contributed by atoms with E-state index in [9.17, 15) is 0 Å². The average Bonchev–Trinajstić information content (AvgIpc) is 2.83.